The standard InChI is InChI=1S/C15H23NO3/c1-11(15(2,3)4)16-8-9-19-13-7-5-6-12(10-13)14(17)18/h5-7,10-11,16H,8-9H2,1-4H3,(H,17,18). The zero-order valence-electron chi connectivity index (χ0n) is 12.1. The molecule has 4 nitrogen and oxygen atoms in total. The monoisotopic (exact) mass is 265 g/mol. The molecule has 1 aromatic carbocycles. The molecule has 19 heavy (non-hydrogen) atoms. The summed E-state index contributed by atoms with van der Waals surface area (Å²) in [5.41, 5.74) is 0.456. The van der Waals surface area contributed by atoms with Crippen molar-refractivity contribution in [1.82, 2.24) is 5.32 Å². The number of carboxylic acid groups (broad SMARTS) is 1. The largest absolute Gasteiger partial charge is 0.492 e. The maximum atomic E-state index is 10.8. The summed E-state index contributed by atoms with van der Waals surface area (Å²) in [5, 5.41) is 12.3. The van der Waals surface area contributed by atoms with Gasteiger partial charge in [-0.05, 0) is 30.5 Å². The highest BCUT2D eigenvalue weighted by atomic mass is 16.5. The van der Waals surface area contributed by atoms with Crippen LogP contribution in [0.15, 0.2) is 24.3 Å². The lowest BCUT2D eigenvalue weighted by atomic mass is 9.88. The van der Waals surface area contributed by atoms with Crippen molar-refractivity contribution >= 4 is 5.97 Å². The Labute approximate surface area is 114 Å². The number of aromatic carboxylic acids is 1. The molecule has 4 heteroatoms. The molecule has 1 unspecified atom stereocenters. The fraction of sp³-hybridized carbons (Fsp3) is 0.533. The van der Waals surface area contributed by atoms with Crippen LogP contribution in [0.3, 0.4) is 0 Å². The van der Waals surface area contributed by atoms with E-state index in [1.807, 2.05) is 0 Å². The molecular weight excluding hydrogens is 242 g/mol. The molecule has 1 aromatic rings. The van der Waals surface area contributed by atoms with Crippen molar-refractivity contribution in [2.45, 2.75) is 33.7 Å². The Morgan fingerprint density at radius 3 is 2.68 bits per heavy atom. The van der Waals surface area contributed by atoms with Gasteiger partial charge < -0.3 is 15.2 Å². The molecule has 0 heterocycles. The number of carbonyl (C=O) groups is 1. The van der Waals surface area contributed by atoms with Crippen LogP contribution in [0.4, 0.5) is 0 Å². The van der Waals surface area contributed by atoms with Gasteiger partial charge in [0.2, 0.25) is 0 Å². The van der Waals surface area contributed by atoms with E-state index in [1.165, 1.54) is 6.07 Å². The molecule has 0 spiro atoms. The van der Waals surface area contributed by atoms with Crippen LogP contribution in [0.1, 0.15) is 38.1 Å². The van der Waals surface area contributed by atoms with E-state index in [-0.39, 0.29) is 11.0 Å². The summed E-state index contributed by atoms with van der Waals surface area (Å²) in [7, 11) is 0. The Hall–Kier alpha value is -1.55. The first-order valence-corrected chi connectivity index (χ1v) is 6.50. The van der Waals surface area contributed by atoms with E-state index in [1.54, 1.807) is 18.2 Å². The van der Waals surface area contributed by atoms with Crippen molar-refractivity contribution in [3.8, 4) is 5.75 Å². The lowest BCUT2D eigenvalue weighted by Crippen LogP contribution is -2.39. The number of carboxylic acids is 1. The number of benzene rings is 1. The third-order valence-corrected chi connectivity index (χ3v) is 3.20. The second-order valence-corrected chi connectivity index (χ2v) is 5.72. The molecular formula is C15H23NO3. The molecule has 0 bridgehead atoms. The molecule has 0 fully saturated rings. The summed E-state index contributed by atoms with van der Waals surface area (Å²) in [4.78, 5) is 10.8. The van der Waals surface area contributed by atoms with Crippen LogP contribution in [0.5, 0.6) is 5.75 Å². The average molecular weight is 265 g/mol. The van der Waals surface area contributed by atoms with E-state index < -0.39 is 5.97 Å². The van der Waals surface area contributed by atoms with E-state index in [0.29, 0.717) is 18.4 Å². The van der Waals surface area contributed by atoms with Crippen molar-refractivity contribution < 1.29 is 14.6 Å². The quantitative estimate of drug-likeness (QED) is 0.776. The van der Waals surface area contributed by atoms with Gasteiger partial charge in [0.25, 0.3) is 0 Å². The number of hydrogen-bond donors (Lipinski definition) is 2. The zero-order chi connectivity index (χ0) is 14.5. The molecule has 0 saturated carbocycles. The fourth-order valence-electron chi connectivity index (χ4n) is 1.47. The van der Waals surface area contributed by atoms with E-state index >= 15 is 0 Å². The fourth-order valence-corrected chi connectivity index (χ4v) is 1.47. The Bertz CT molecular complexity index is 424. The van der Waals surface area contributed by atoms with Gasteiger partial charge in [-0.3, -0.25) is 0 Å². The number of ether oxygens (including phenoxy) is 1. The maximum absolute atomic E-state index is 10.8. The highest BCUT2D eigenvalue weighted by Gasteiger charge is 2.18. The van der Waals surface area contributed by atoms with Crippen LogP contribution < -0.4 is 10.1 Å². The van der Waals surface area contributed by atoms with Crippen molar-refractivity contribution in [2.75, 3.05) is 13.2 Å². The van der Waals surface area contributed by atoms with Crippen molar-refractivity contribution in [3.63, 3.8) is 0 Å². The molecule has 1 atom stereocenters. The second kappa shape index (κ2) is 6.57. The number of nitrogens with one attached hydrogen (secondary N) is 1. The summed E-state index contributed by atoms with van der Waals surface area (Å²) in [5.74, 6) is -0.352. The van der Waals surface area contributed by atoms with Crippen molar-refractivity contribution in [1.29, 1.82) is 0 Å². The Morgan fingerprint density at radius 1 is 1.42 bits per heavy atom. The molecule has 0 aliphatic rings. The summed E-state index contributed by atoms with van der Waals surface area (Å²) in [6.45, 7) is 9.94. The first-order valence-electron chi connectivity index (χ1n) is 6.50. The highest BCUT2D eigenvalue weighted by Crippen LogP contribution is 2.18. The molecule has 0 saturated heterocycles. The topological polar surface area (TPSA) is 58.6 Å². The minimum Gasteiger partial charge on any atom is -0.492 e. The van der Waals surface area contributed by atoms with Gasteiger partial charge in [0, 0.05) is 12.6 Å². The van der Waals surface area contributed by atoms with Gasteiger partial charge in [-0.2, -0.15) is 0 Å². The SMILES string of the molecule is CC(NCCOc1cccc(C(=O)O)c1)C(C)(C)C. The lowest BCUT2D eigenvalue weighted by molar-refractivity contribution is 0.0696. The van der Waals surface area contributed by atoms with Crippen LogP contribution >= 0.6 is 0 Å². The van der Waals surface area contributed by atoms with Crippen LogP contribution in [-0.4, -0.2) is 30.3 Å². The third kappa shape index (κ3) is 5.30. The van der Waals surface area contributed by atoms with Gasteiger partial charge in [0.05, 0.1) is 5.56 Å². The number of rotatable bonds is 6. The molecule has 0 amide bonds. The first kappa shape index (κ1) is 15.5. The predicted octanol–water partition coefficient (Wildman–Crippen LogP) is 2.79. The average Bonchev–Trinajstić information content (AvgIpc) is 2.33. The normalized spacial score (nSPS) is 13.1. The molecule has 106 valence electrons. The van der Waals surface area contributed by atoms with E-state index in [0.717, 1.165) is 6.54 Å². The zero-order valence-corrected chi connectivity index (χ0v) is 12.1. The third-order valence-electron chi connectivity index (χ3n) is 3.20. The number of hydrogen-bond acceptors (Lipinski definition) is 3. The van der Waals surface area contributed by atoms with Crippen LogP contribution in [0.2, 0.25) is 0 Å². The first-order chi connectivity index (χ1) is 8.80. The van der Waals surface area contributed by atoms with Gasteiger partial charge in [-0.1, -0.05) is 26.8 Å². The van der Waals surface area contributed by atoms with Gasteiger partial charge in [0.15, 0.2) is 0 Å². The van der Waals surface area contributed by atoms with E-state index in [2.05, 4.69) is 33.0 Å². The summed E-state index contributed by atoms with van der Waals surface area (Å²) in [6, 6.07) is 6.93. The van der Waals surface area contributed by atoms with Gasteiger partial charge >= 0.3 is 5.97 Å². The minimum absolute atomic E-state index is 0.212. The maximum Gasteiger partial charge on any atom is 0.335 e. The molecule has 2 N–H and O–H groups in total. The van der Waals surface area contributed by atoms with Crippen molar-refractivity contribution in [3.05, 3.63) is 29.8 Å². The van der Waals surface area contributed by atoms with Gasteiger partial charge in [-0.25, -0.2) is 4.79 Å². The van der Waals surface area contributed by atoms with Crippen LogP contribution in [-0.2, 0) is 0 Å². The highest BCUT2D eigenvalue weighted by molar-refractivity contribution is 5.87. The summed E-state index contributed by atoms with van der Waals surface area (Å²) in [6.07, 6.45) is 0. The molecule has 0 aromatic heterocycles. The van der Waals surface area contributed by atoms with Gasteiger partial charge in [0.1, 0.15) is 12.4 Å². The Morgan fingerprint density at radius 2 is 2.11 bits per heavy atom. The lowest BCUT2D eigenvalue weighted by Gasteiger charge is -2.28. The van der Waals surface area contributed by atoms with E-state index in [9.17, 15) is 4.79 Å². The predicted molar refractivity (Wildman–Crippen MR) is 75.8 cm³/mol. The Kier molecular flexibility index (Phi) is 5.36. The van der Waals surface area contributed by atoms with Crippen LogP contribution in [0.25, 0.3) is 0 Å². The van der Waals surface area contributed by atoms with E-state index in [4.69, 9.17) is 9.84 Å². The molecule has 0 radical (unpaired) electrons. The molecule has 1 rings (SSSR count). The smallest absolute Gasteiger partial charge is 0.335 e. The van der Waals surface area contributed by atoms with Crippen LogP contribution in [0, 0.1) is 5.41 Å². The van der Waals surface area contributed by atoms with Gasteiger partial charge in [-0.15, -0.1) is 0 Å². The van der Waals surface area contributed by atoms with Crippen molar-refractivity contribution in [2.24, 2.45) is 5.41 Å². The summed E-state index contributed by atoms with van der Waals surface area (Å²) >= 11 is 0. The molecule has 0 aliphatic heterocycles. The Balaban J connectivity index is 2.38. The minimum atomic E-state index is -0.940. The second-order valence-electron chi connectivity index (χ2n) is 5.72. The molecule has 0 aliphatic carbocycles. The summed E-state index contributed by atoms with van der Waals surface area (Å²) < 4.78 is 5.53.